The zero-order chi connectivity index (χ0) is 13.3. The summed E-state index contributed by atoms with van der Waals surface area (Å²) in [7, 11) is 0. The van der Waals surface area contributed by atoms with Gasteiger partial charge in [-0.2, -0.15) is 13.2 Å². The Morgan fingerprint density at radius 2 is 2.00 bits per heavy atom. The topological polar surface area (TPSA) is 46.3 Å². The van der Waals surface area contributed by atoms with E-state index < -0.39 is 24.0 Å². The molecule has 0 radical (unpaired) electrons. The molecule has 0 aromatic heterocycles. The number of carbonyl (C=O) groups excluding carboxylic acids is 1. The first kappa shape index (κ1) is 14.3. The zero-order valence-corrected chi connectivity index (χ0v) is 10.2. The van der Waals surface area contributed by atoms with Gasteiger partial charge in [-0.1, -0.05) is 6.92 Å². The van der Waals surface area contributed by atoms with Crippen LogP contribution in [0.25, 0.3) is 0 Å². The fourth-order valence-electron chi connectivity index (χ4n) is 2.58. The Hall–Kier alpha value is -0.780. The SMILES string of the molecule is CCN(CC(F)(F)F)C(=O)C1(CN)CC(C)C1. The van der Waals surface area contributed by atoms with Gasteiger partial charge >= 0.3 is 6.18 Å². The minimum atomic E-state index is -4.35. The van der Waals surface area contributed by atoms with Crippen LogP contribution >= 0.6 is 0 Å². The summed E-state index contributed by atoms with van der Waals surface area (Å²) in [5, 5.41) is 0. The molecule has 1 aliphatic rings. The second-order valence-electron chi connectivity index (χ2n) is 4.93. The molecule has 0 bridgehead atoms. The standard InChI is InChI=1S/C11H19F3N2O/c1-3-16(7-11(12,13)14)9(17)10(6-15)4-8(2)5-10/h8H,3-7,15H2,1-2H3. The van der Waals surface area contributed by atoms with Crippen molar-refractivity contribution < 1.29 is 18.0 Å². The summed E-state index contributed by atoms with van der Waals surface area (Å²) in [6.45, 7) is 2.54. The molecule has 0 aliphatic heterocycles. The Morgan fingerprint density at radius 3 is 2.29 bits per heavy atom. The van der Waals surface area contributed by atoms with Crippen LogP contribution in [0.1, 0.15) is 26.7 Å². The summed E-state index contributed by atoms with van der Waals surface area (Å²) >= 11 is 0. The number of alkyl halides is 3. The average molecular weight is 252 g/mol. The Labute approximate surface area is 99.1 Å². The van der Waals surface area contributed by atoms with Gasteiger partial charge < -0.3 is 10.6 Å². The van der Waals surface area contributed by atoms with Gasteiger partial charge in [-0.05, 0) is 25.7 Å². The quantitative estimate of drug-likeness (QED) is 0.829. The van der Waals surface area contributed by atoms with Crippen LogP contribution in [0.5, 0.6) is 0 Å². The van der Waals surface area contributed by atoms with E-state index in [2.05, 4.69) is 0 Å². The van der Waals surface area contributed by atoms with E-state index in [1.807, 2.05) is 6.92 Å². The summed E-state index contributed by atoms with van der Waals surface area (Å²) in [4.78, 5) is 12.9. The minimum absolute atomic E-state index is 0.0640. The van der Waals surface area contributed by atoms with Crippen LogP contribution in [0.2, 0.25) is 0 Å². The smallest absolute Gasteiger partial charge is 0.333 e. The van der Waals surface area contributed by atoms with Crippen molar-refractivity contribution in [3.63, 3.8) is 0 Å². The van der Waals surface area contributed by atoms with E-state index in [-0.39, 0.29) is 13.1 Å². The van der Waals surface area contributed by atoms with E-state index in [1.54, 1.807) is 6.92 Å². The Morgan fingerprint density at radius 1 is 1.47 bits per heavy atom. The average Bonchev–Trinajstić information content (AvgIpc) is 2.18. The van der Waals surface area contributed by atoms with Crippen LogP contribution in [0.4, 0.5) is 13.2 Å². The third-order valence-electron chi connectivity index (χ3n) is 3.36. The predicted octanol–water partition coefficient (Wildman–Crippen LogP) is 1.77. The van der Waals surface area contributed by atoms with Gasteiger partial charge in [-0.25, -0.2) is 0 Å². The van der Waals surface area contributed by atoms with Crippen LogP contribution in [-0.4, -0.2) is 36.6 Å². The fraction of sp³-hybridized carbons (Fsp3) is 0.909. The molecule has 0 atom stereocenters. The number of hydrogen-bond acceptors (Lipinski definition) is 2. The molecule has 100 valence electrons. The first-order chi connectivity index (χ1) is 7.74. The normalized spacial score (nSPS) is 28.7. The highest BCUT2D eigenvalue weighted by atomic mass is 19.4. The summed E-state index contributed by atoms with van der Waals surface area (Å²) in [5.41, 5.74) is 4.81. The van der Waals surface area contributed by atoms with E-state index in [1.165, 1.54) is 0 Å². The highest BCUT2D eigenvalue weighted by Gasteiger charge is 2.50. The number of halogens is 3. The van der Waals surface area contributed by atoms with Crippen molar-refractivity contribution in [1.82, 2.24) is 4.90 Å². The third kappa shape index (κ3) is 3.12. The second-order valence-corrected chi connectivity index (χ2v) is 4.93. The molecule has 1 fully saturated rings. The lowest BCUT2D eigenvalue weighted by Gasteiger charge is -2.46. The summed E-state index contributed by atoms with van der Waals surface area (Å²) in [6, 6.07) is 0. The van der Waals surface area contributed by atoms with Gasteiger partial charge in [0.2, 0.25) is 5.91 Å². The Balaban J connectivity index is 2.72. The third-order valence-corrected chi connectivity index (χ3v) is 3.36. The molecule has 1 rings (SSSR count). The van der Waals surface area contributed by atoms with Crippen molar-refractivity contribution in [3.05, 3.63) is 0 Å². The maximum Gasteiger partial charge on any atom is 0.406 e. The van der Waals surface area contributed by atoms with E-state index in [0.717, 1.165) is 4.90 Å². The van der Waals surface area contributed by atoms with Gasteiger partial charge in [-0.3, -0.25) is 4.79 Å². The Kier molecular flexibility index (Phi) is 4.06. The molecule has 0 aromatic carbocycles. The van der Waals surface area contributed by atoms with Gasteiger partial charge in [-0.15, -0.1) is 0 Å². The van der Waals surface area contributed by atoms with Crippen LogP contribution in [0, 0.1) is 11.3 Å². The molecular weight excluding hydrogens is 233 g/mol. The Bertz CT molecular complexity index is 285. The number of carbonyl (C=O) groups is 1. The molecule has 6 heteroatoms. The highest BCUT2D eigenvalue weighted by molar-refractivity contribution is 5.84. The maximum absolute atomic E-state index is 12.3. The predicted molar refractivity (Wildman–Crippen MR) is 58.2 cm³/mol. The van der Waals surface area contributed by atoms with Gasteiger partial charge in [0.25, 0.3) is 0 Å². The van der Waals surface area contributed by atoms with Crippen molar-refractivity contribution in [2.24, 2.45) is 17.1 Å². The molecular formula is C11H19F3N2O. The molecule has 0 saturated heterocycles. The summed E-state index contributed by atoms with van der Waals surface area (Å²) in [5.74, 6) is -0.0787. The minimum Gasteiger partial charge on any atom is -0.333 e. The van der Waals surface area contributed by atoms with Crippen molar-refractivity contribution in [1.29, 1.82) is 0 Å². The van der Waals surface area contributed by atoms with Gasteiger partial charge in [0, 0.05) is 13.1 Å². The molecule has 17 heavy (non-hydrogen) atoms. The molecule has 1 aliphatic carbocycles. The molecule has 1 saturated carbocycles. The molecule has 1 amide bonds. The number of rotatable bonds is 4. The number of amides is 1. The van der Waals surface area contributed by atoms with Crippen molar-refractivity contribution in [3.8, 4) is 0 Å². The second kappa shape index (κ2) is 4.84. The van der Waals surface area contributed by atoms with Crippen LogP contribution in [0.15, 0.2) is 0 Å². The van der Waals surface area contributed by atoms with Gasteiger partial charge in [0.05, 0.1) is 5.41 Å². The lowest BCUT2D eigenvalue weighted by molar-refractivity contribution is -0.172. The van der Waals surface area contributed by atoms with E-state index in [9.17, 15) is 18.0 Å². The largest absolute Gasteiger partial charge is 0.406 e. The van der Waals surface area contributed by atoms with Crippen molar-refractivity contribution in [2.45, 2.75) is 32.9 Å². The van der Waals surface area contributed by atoms with E-state index >= 15 is 0 Å². The molecule has 0 unspecified atom stereocenters. The van der Waals surface area contributed by atoms with Crippen LogP contribution in [0.3, 0.4) is 0 Å². The van der Waals surface area contributed by atoms with E-state index in [0.29, 0.717) is 18.8 Å². The number of nitrogens with two attached hydrogens (primary N) is 1. The fourth-order valence-corrected chi connectivity index (χ4v) is 2.58. The monoisotopic (exact) mass is 252 g/mol. The molecule has 0 spiro atoms. The number of nitrogens with zero attached hydrogens (tertiary/aromatic N) is 1. The molecule has 0 aromatic rings. The zero-order valence-electron chi connectivity index (χ0n) is 10.2. The van der Waals surface area contributed by atoms with Crippen molar-refractivity contribution >= 4 is 5.91 Å². The lowest BCUT2D eigenvalue weighted by Crippen LogP contribution is -2.56. The van der Waals surface area contributed by atoms with Crippen molar-refractivity contribution in [2.75, 3.05) is 19.6 Å². The maximum atomic E-state index is 12.3. The lowest BCUT2D eigenvalue weighted by atomic mass is 9.62. The molecule has 3 nitrogen and oxygen atoms in total. The van der Waals surface area contributed by atoms with Gasteiger partial charge in [0.1, 0.15) is 6.54 Å². The van der Waals surface area contributed by atoms with Gasteiger partial charge in [0.15, 0.2) is 0 Å². The first-order valence-electron chi connectivity index (χ1n) is 5.80. The number of hydrogen-bond donors (Lipinski definition) is 1. The van der Waals surface area contributed by atoms with Crippen LogP contribution in [-0.2, 0) is 4.79 Å². The molecule has 2 N–H and O–H groups in total. The summed E-state index contributed by atoms with van der Waals surface area (Å²) < 4.78 is 37.0. The summed E-state index contributed by atoms with van der Waals surface area (Å²) in [6.07, 6.45) is -3.16. The molecule has 0 heterocycles. The van der Waals surface area contributed by atoms with E-state index in [4.69, 9.17) is 5.73 Å². The first-order valence-corrected chi connectivity index (χ1v) is 5.80. The highest BCUT2D eigenvalue weighted by Crippen LogP contribution is 2.46. The van der Waals surface area contributed by atoms with Crippen LogP contribution < -0.4 is 5.73 Å².